The third-order valence-corrected chi connectivity index (χ3v) is 2.34. The van der Waals surface area contributed by atoms with E-state index in [0.29, 0.717) is 12.1 Å². The van der Waals surface area contributed by atoms with Crippen molar-refractivity contribution in [3.63, 3.8) is 0 Å². The van der Waals surface area contributed by atoms with E-state index in [1.165, 1.54) is 25.3 Å². The number of nitrogens with one attached hydrogen (secondary N) is 1. The lowest BCUT2D eigenvalue weighted by Crippen LogP contribution is -2.29. The van der Waals surface area contributed by atoms with Gasteiger partial charge in [0.15, 0.2) is 0 Å². The van der Waals surface area contributed by atoms with Crippen molar-refractivity contribution in [2.24, 2.45) is 0 Å². The lowest BCUT2D eigenvalue weighted by atomic mass is 10.0. The number of rotatable bonds is 5. The Morgan fingerprint density at radius 1 is 1.41 bits per heavy atom. The first-order valence-corrected chi connectivity index (χ1v) is 5.29. The minimum atomic E-state index is -2.55. The van der Waals surface area contributed by atoms with E-state index in [0.717, 1.165) is 0 Å². The van der Waals surface area contributed by atoms with Gasteiger partial charge in [-0.25, -0.2) is 13.6 Å². The van der Waals surface area contributed by atoms with E-state index in [1.807, 2.05) is 6.92 Å². The van der Waals surface area contributed by atoms with Crippen LogP contribution < -0.4 is 5.32 Å². The molecule has 0 aliphatic rings. The quantitative estimate of drug-likeness (QED) is 0.807. The fourth-order valence-electron chi connectivity index (χ4n) is 1.53. The number of hydrogen-bond donors (Lipinski definition) is 1. The zero-order valence-electron chi connectivity index (χ0n) is 9.74. The molecule has 0 saturated carbocycles. The van der Waals surface area contributed by atoms with Crippen molar-refractivity contribution in [3.8, 4) is 0 Å². The molecule has 0 spiro atoms. The van der Waals surface area contributed by atoms with Crippen molar-refractivity contribution in [3.05, 3.63) is 35.4 Å². The highest BCUT2D eigenvalue weighted by Gasteiger charge is 2.21. The van der Waals surface area contributed by atoms with Gasteiger partial charge in [-0.3, -0.25) is 0 Å². The van der Waals surface area contributed by atoms with Crippen LogP contribution in [0.25, 0.3) is 0 Å². The first-order chi connectivity index (χ1) is 8.10. The third kappa shape index (κ3) is 3.49. The molecule has 0 amide bonds. The molecule has 1 unspecified atom stereocenters. The van der Waals surface area contributed by atoms with Crippen LogP contribution in [0.2, 0.25) is 0 Å². The molecular formula is C12H15F2NO2. The van der Waals surface area contributed by atoms with Crippen LogP contribution in [0.5, 0.6) is 0 Å². The van der Waals surface area contributed by atoms with Crippen LogP contribution in [-0.4, -0.2) is 19.6 Å². The molecule has 1 atom stereocenters. The van der Waals surface area contributed by atoms with Gasteiger partial charge in [0.05, 0.1) is 7.11 Å². The second-order valence-corrected chi connectivity index (χ2v) is 3.48. The summed E-state index contributed by atoms with van der Waals surface area (Å²) in [5.74, 6) is -0.488. The zero-order valence-corrected chi connectivity index (χ0v) is 9.74. The zero-order chi connectivity index (χ0) is 12.8. The topological polar surface area (TPSA) is 38.3 Å². The van der Waals surface area contributed by atoms with Crippen LogP contribution in [-0.2, 0) is 9.53 Å². The Hall–Kier alpha value is -1.49. The predicted octanol–water partition coefficient (Wildman–Crippen LogP) is 2.45. The number of ether oxygens (including phenoxy) is 1. The number of likely N-dealkylation sites (N-methyl/N-ethyl adjacent to an activating group) is 1. The number of esters is 1. The summed E-state index contributed by atoms with van der Waals surface area (Å²) in [5.41, 5.74) is 0.380. The molecule has 0 aliphatic heterocycles. The van der Waals surface area contributed by atoms with Crippen LogP contribution >= 0.6 is 0 Å². The van der Waals surface area contributed by atoms with Crippen LogP contribution in [0.15, 0.2) is 24.3 Å². The van der Waals surface area contributed by atoms with Gasteiger partial charge < -0.3 is 10.1 Å². The predicted molar refractivity (Wildman–Crippen MR) is 59.8 cm³/mol. The first kappa shape index (κ1) is 13.6. The van der Waals surface area contributed by atoms with Crippen molar-refractivity contribution >= 4 is 5.97 Å². The van der Waals surface area contributed by atoms with Crippen molar-refractivity contribution < 1.29 is 18.3 Å². The van der Waals surface area contributed by atoms with E-state index in [4.69, 9.17) is 0 Å². The normalized spacial score (nSPS) is 12.5. The monoisotopic (exact) mass is 243 g/mol. The number of halogens is 2. The van der Waals surface area contributed by atoms with Crippen molar-refractivity contribution in [2.45, 2.75) is 19.4 Å². The Balaban J connectivity index is 3.01. The summed E-state index contributed by atoms with van der Waals surface area (Å²) >= 11 is 0. The Morgan fingerprint density at radius 2 is 2.06 bits per heavy atom. The van der Waals surface area contributed by atoms with Gasteiger partial charge in [-0.2, -0.15) is 0 Å². The summed E-state index contributed by atoms with van der Waals surface area (Å²) in [7, 11) is 1.27. The smallest absolute Gasteiger partial charge is 0.327 e. The van der Waals surface area contributed by atoms with Gasteiger partial charge in [0.25, 0.3) is 6.43 Å². The Labute approximate surface area is 98.8 Å². The number of benzene rings is 1. The molecule has 0 saturated heterocycles. The van der Waals surface area contributed by atoms with Crippen LogP contribution in [0, 0.1) is 0 Å². The minimum absolute atomic E-state index is 0.102. The summed E-state index contributed by atoms with van der Waals surface area (Å²) in [4.78, 5) is 11.5. The molecule has 0 fully saturated rings. The maximum absolute atomic E-state index is 12.5. The summed E-state index contributed by atoms with van der Waals surface area (Å²) in [6.45, 7) is 2.37. The maximum atomic E-state index is 12.5. The first-order valence-electron chi connectivity index (χ1n) is 5.29. The van der Waals surface area contributed by atoms with Gasteiger partial charge in [-0.1, -0.05) is 25.1 Å². The maximum Gasteiger partial charge on any atom is 0.327 e. The number of alkyl halides is 2. The van der Waals surface area contributed by atoms with Crippen molar-refractivity contribution in [2.75, 3.05) is 13.7 Å². The summed E-state index contributed by atoms with van der Waals surface area (Å²) in [6.07, 6.45) is -2.55. The molecule has 17 heavy (non-hydrogen) atoms. The van der Waals surface area contributed by atoms with Gasteiger partial charge in [0.1, 0.15) is 6.04 Å². The largest absolute Gasteiger partial charge is 0.468 e. The Kier molecular flexibility index (Phi) is 5.03. The molecule has 0 bridgehead atoms. The standard InChI is InChI=1S/C12H15F2NO2/c1-3-15-10(12(16)17-2)8-5-4-6-9(7-8)11(13)14/h4-7,10-11,15H,3H2,1-2H3. The van der Waals surface area contributed by atoms with Crippen molar-refractivity contribution in [1.82, 2.24) is 5.32 Å². The number of hydrogen-bond acceptors (Lipinski definition) is 3. The molecule has 0 aliphatic carbocycles. The fraction of sp³-hybridized carbons (Fsp3) is 0.417. The number of methoxy groups -OCH3 is 1. The molecule has 0 aromatic heterocycles. The van der Waals surface area contributed by atoms with Crippen molar-refractivity contribution in [1.29, 1.82) is 0 Å². The van der Waals surface area contributed by atoms with E-state index in [-0.39, 0.29) is 5.56 Å². The van der Waals surface area contributed by atoms with Gasteiger partial charge >= 0.3 is 5.97 Å². The van der Waals surface area contributed by atoms with Gasteiger partial charge in [-0.05, 0) is 18.2 Å². The molecule has 1 N–H and O–H groups in total. The molecule has 94 valence electrons. The molecule has 0 heterocycles. The molecular weight excluding hydrogens is 228 g/mol. The second-order valence-electron chi connectivity index (χ2n) is 3.48. The molecule has 1 aromatic carbocycles. The Bertz CT molecular complexity index is 383. The van der Waals surface area contributed by atoms with Crippen LogP contribution in [0.3, 0.4) is 0 Å². The highest BCUT2D eigenvalue weighted by molar-refractivity contribution is 5.77. The minimum Gasteiger partial charge on any atom is -0.468 e. The average molecular weight is 243 g/mol. The summed E-state index contributed by atoms with van der Waals surface area (Å²) in [6, 6.07) is 5.06. The lowest BCUT2D eigenvalue weighted by Gasteiger charge is -2.16. The van der Waals surface area contributed by atoms with Gasteiger partial charge in [0.2, 0.25) is 0 Å². The molecule has 1 aromatic rings. The van der Waals surface area contributed by atoms with E-state index in [1.54, 1.807) is 6.07 Å². The van der Waals surface area contributed by atoms with Crippen LogP contribution in [0.4, 0.5) is 8.78 Å². The highest BCUT2D eigenvalue weighted by Crippen LogP contribution is 2.23. The van der Waals surface area contributed by atoms with Gasteiger partial charge in [0, 0.05) is 5.56 Å². The fourth-order valence-corrected chi connectivity index (χ4v) is 1.53. The SMILES string of the molecule is CCNC(C(=O)OC)c1cccc(C(F)F)c1. The van der Waals surface area contributed by atoms with E-state index in [9.17, 15) is 13.6 Å². The number of carbonyl (C=O) groups is 1. The molecule has 1 rings (SSSR count). The highest BCUT2D eigenvalue weighted by atomic mass is 19.3. The van der Waals surface area contributed by atoms with Crippen LogP contribution in [0.1, 0.15) is 30.5 Å². The van der Waals surface area contributed by atoms with E-state index in [2.05, 4.69) is 10.1 Å². The molecule has 0 radical (unpaired) electrons. The second kappa shape index (κ2) is 6.30. The van der Waals surface area contributed by atoms with E-state index >= 15 is 0 Å². The lowest BCUT2D eigenvalue weighted by molar-refractivity contribution is -0.143. The average Bonchev–Trinajstić information content (AvgIpc) is 2.35. The summed E-state index contributed by atoms with van der Waals surface area (Å²) < 4.78 is 29.7. The van der Waals surface area contributed by atoms with E-state index < -0.39 is 18.4 Å². The Morgan fingerprint density at radius 3 is 2.59 bits per heavy atom. The third-order valence-electron chi connectivity index (χ3n) is 2.34. The molecule has 3 nitrogen and oxygen atoms in total. The van der Waals surface area contributed by atoms with Gasteiger partial charge in [-0.15, -0.1) is 0 Å². The summed E-state index contributed by atoms with van der Waals surface area (Å²) in [5, 5.41) is 2.90. The molecule has 5 heteroatoms. The number of carbonyl (C=O) groups excluding carboxylic acids is 1.